The summed E-state index contributed by atoms with van der Waals surface area (Å²) < 4.78 is 5.26. The second kappa shape index (κ2) is 7.04. The van der Waals surface area contributed by atoms with Gasteiger partial charge in [-0.15, -0.1) is 0 Å². The first-order valence-electron chi connectivity index (χ1n) is 7.10. The highest BCUT2D eigenvalue weighted by molar-refractivity contribution is 5.98. The molecular weight excluding hydrogens is 262 g/mol. The van der Waals surface area contributed by atoms with Gasteiger partial charge in [-0.3, -0.25) is 4.79 Å². The molecule has 0 aliphatic carbocycles. The lowest BCUT2D eigenvalue weighted by Crippen LogP contribution is -2.13. The lowest BCUT2D eigenvalue weighted by Gasteiger charge is -2.12. The van der Waals surface area contributed by atoms with Crippen LogP contribution in [0.4, 0.5) is 0 Å². The van der Waals surface area contributed by atoms with Crippen LogP contribution < -0.4 is 10.5 Å². The summed E-state index contributed by atoms with van der Waals surface area (Å²) in [5, 5.41) is 0. The number of aryl methyl sites for hydroxylation is 1. The average molecular weight is 283 g/mol. The number of nitrogens with two attached hydrogens (primary N) is 1. The van der Waals surface area contributed by atoms with Crippen molar-refractivity contribution >= 4 is 5.78 Å². The first kappa shape index (κ1) is 15.3. The van der Waals surface area contributed by atoms with E-state index in [1.165, 1.54) is 0 Å². The molecule has 1 unspecified atom stereocenters. The highest BCUT2D eigenvalue weighted by Crippen LogP contribution is 2.23. The molecule has 0 aliphatic rings. The zero-order valence-electron chi connectivity index (χ0n) is 12.5. The average Bonchev–Trinajstić information content (AvgIpc) is 2.53. The molecule has 0 amide bonds. The highest BCUT2D eigenvalue weighted by Gasteiger charge is 2.14. The first-order valence-corrected chi connectivity index (χ1v) is 7.10. The van der Waals surface area contributed by atoms with Gasteiger partial charge in [0.2, 0.25) is 0 Å². The Labute approximate surface area is 125 Å². The Hall–Kier alpha value is -2.13. The van der Waals surface area contributed by atoms with Crippen LogP contribution in [0.25, 0.3) is 0 Å². The van der Waals surface area contributed by atoms with Gasteiger partial charge in [-0.2, -0.15) is 0 Å². The fraction of sp³-hybridized carbons (Fsp3) is 0.278. The Kier molecular flexibility index (Phi) is 5.12. The zero-order chi connectivity index (χ0) is 15.2. The van der Waals surface area contributed by atoms with Crippen LogP contribution in [0, 0.1) is 6.92 Å². The molecule has 3 heteroatoms. The molecule has 0 bridgehead atoms. The van der Waals surface area contributed by atoms with Gasteiger partial charge in [0.1, 0.15) is 5.75 Å². The Morgan fingerprint density at radius 1 is 1.19 bits per heavy atom. The number of rotatable bonds is 6. The third-order valence-corrected chi connectivity index (χ3v) is 3.57. The molecule has 0 aromatic heterocycles. The van der Waals surface area contributed by atoms with E-state index in [9.17, 15) is 4.79 Å². The molecule has 0 aliphatic heterocycles. The fourth-order valence-electron chi connectivity index (χ4n) is 2.33. The smallest absolute Gasteiger partial charge is 0.166 e. The van der Waals surface area contributed by atoms with E-state index in [2.05, 4.69) is 0 Å². The highest BCUT2D eigenvalue weighted by atomic mass is 16.5. The lowest BCUT2D eigenvalue weighted by molar-refractivity contribution is 0.0974. The fourth-order valence-corrected chi connectivity index (χ4v) is 2.33. The van der Waals surface area contributed by atoms with Crippen LogP contribution in [0.1, 0.15) is 40.4 Å². The minimum atomic E-state index is -0.119. The summed E-state index contributed by atoms with van der Waals surface area (Å²) in [6, 6.07) is 15.4. The van der Waals surface area contributed by atoms with Crippen molar-refractivity contribution in [1.82, 2.24) is 0 Å². The van der Waals surface area contributed by atoms with Crippen LogP contribution in [0.3, 0.4) is 0 Å². The third kappa shape index (κ3) is 3.92. The van der Waals surface area contributed by atoms with E-state index in [-0.39, 0.29) is 11.8 Å². The SMILES string of the molecule is COc1ccc(C)cc1C(=O)CCC(N)c1ccccc1. The van der Waals surface area contributed by atoms with Crippen LogP contribution in [0.5, 0.6) is 5.75 Å². The topological polar surface area (TPSA) is 52.3 Å². The summed E-state index contributed by atoms with van der Waals surface area (Å²) in [4.78, 5) is 12.4. The molecule has 2 N–H and O–H groups in total. The molecule has 0 heterocycles. The van der Waals surface area contributed by atoms with Crippen molar-refractivity contribution in [3.8, 4) is 5.75 Å². The van der Waals surface area contributed by atoms with E-state index in [4.69, 9.17) is 10.5 Å². The third-order valence-electron chi connectivity index (χ3n) is 3.57. The van der Waals surface area contributed by atoms with Crippen molar-refractivity contribution in [2.75, 3.05) is 7.11 Å². The molecule has 2 aromatic carbocycles. The number of Topliss-reactive ketones (excluding diaryl/α,β-unsaturated/α-hetero) is 1. The maximum atomic E-state index is 12.4. The molecule has 2 aromatic rings. The molecule has 0 fully saturated rings. The number of carbonyl (C=O) groups excluding carboxylic acids is 1. The van der Waals surface area contributed by atoms with E-state index in [0.29, 0.717) is 24.2 Å². The maximum absolute atomic E-state index is 12.4. The zero-order valence-corrected chi connectivity index (χ0v) is 12.5. The molecule has 2 rings (SSSR count). The van der Waals surface area contributed by atoms with Crippen molar-refractivity contribution in [1.29, 1.82) is 0 Å². The Balaban J connectivity index is 2.04. The maximum Gasteiger partial charge on any atom is 0.166 e. The van der Waals surface area contributed by atoms with Gasteiger partial charge in [0.15, 0.2) is 5.78 Å². The van der Waals surface area contributed by atoms with Gasteiger partial charge in [0.05, 0.1) is 12.7 Å². The Morgan fingerprint density at radius 3 is 2.57 bits per heavy atom. The number of ether oxygens (including phenoxy) is 1. The minimum absolute atomic E-state index is 0.0712. The quantitative estimate of drug-likeness (QED) is 0.823. The number of hydrogen-bond acceptors (Lipinski definition) is 3. The van der Waals surface area contributed by atoms with Gasteiger partial charge in [0.25, 0.3) is 0 Å². The monoisotopic (exact) mass is 283 g/mol. The summed E-state index contributed by atoms with van der Waals surface area (Å²) in [7, 11) is 1.58. The van der Waals surface area contributed by atoms with E-state index in [1.807, 2.05) is 55.5 Å². The first-order chi connectivity index (χ1) is 10.1. The number of methoxy groups -OCH3 is 1. The summed E-state index contributed by atoms with van der Waals surface area (Å²) >= 11 is 0. The van der Waals surface area contributed by atoms with Crippen LogP contribution in [0.15, 0.2) is 48.5 Å². The van der Waals surface area contributed by atoms with Crippen molar-refractivity contribution in [3.05, 3.63) is 65.2 Å². The van der Waals surface area contributed by atoms with Gasteiger partial charge in [0, 0.05) is 12.5 Å². The lowest BCUT2D eigenvalue weighted by atomic mass is 9.98. The molecule has 0 radical (unpaired) electrons. The molecule has 3 nitrogen and oxygen atoms in total. The second-order valence-corrected chi connectivity index (χ2v) is 5.18. The van der Waals surface area contributed by atoms with Crippen molar-refractivity contribution in [2.45, 2.75) is 25.8 Å². The molecule has 110 valence electrons. The molecule has 21 heavy (non-hydrogen) atoms. The predicted octanol–water partition coefficient (Wildman–Crippen LogP) is 3.67. The molecule has 0 spiro atoms. The number of hydrogen-bond donors (Lipinski definition) is 1. The number of ketones is 1. The standard InChI is InChI=1S/C18H21NO2/c1-13-8-11-18(21-2)15(12-13)17(20)10-9-16(19)14-6-4-3-5-7-14/h3-8,11-12,16H,9-10,19H2,1-2H3. The molecule has 0 saturated carbocycles. The van der Waals surface area contributed by atoms with E-state index >= 15 is 0 Å². The molecule has 0 saturated heterocycles. The number of benzene rings is 2. The Bertz CT molecular complexity index is 608. The minimum Gasteiger partial charge on any atom is -0.496 e. The van der Waals surface area contributed by atoms with Gasteiger partial charge in [-0.25, -0.2) is 0 Å². The summed E-state index contributed by atoms with van der Waals surface area (Å²) in [5.74, 6) is 0.695. The number of carbonyl (C=O) groups is 1. The van der Waals surface area contributed by atoms with Crippen molar-refractivity contribution in [2.24, 2.45) is 5.73 Å². The van der Waals surface area contributed by atoms with Gasteiger partial charge < -0.3 is 10.5 Å². The summed E-state index contributed by atoms with van der Waals surface area (Å²) in [6.07, 6.45) is 1.04. The molecular formula is C18H21NO2. The predicted molar refractivity (Wildman–Crippen MR) is 84.7 cm³/mol. The van der Waals surface area contributed by atoms with Crippen LogP contribution in [-0.4, -0.2) is 12.9 Å². The van der Waals surface area contributed by atoms with Gasteiger partial charge in [-0.1, -0.05) is 42.0 Å². The summed E-state index contributed by atoms with van der Waals surface area (Å²) in [6.45, 7) is 1.96. The second-order valence-electron chi connectivity index (χ2n) is 5.18. The van der Waals surface area contributed by atoms with Gasteiger partial charge >= 0.3 is 0 Å². The van der Waals surface area contributed by atoms with Gasteiger partial charge in [-0.05, 0) is 31.0 Å². The summed E-state index contributed by atoms with van der Waals surface area (Å²) in [5.41, 5.74) is 8.88. The van der Waals surface area contributed by atoms with Crippen molar-refractivity contribution in [3.63, 3.8) is 0 Å². The van der Waals surface area contributed by atoms with Crippen LogP contribution >= 0.6 is 0 Å². The normalized spacial score (nSPS) is 12.0. The largest absolute Gasteiger partial charge is 0.496 e. The van der Waals surface area contributed by atoms with E-state index in [0.717, 1.165) is 11.1 Å². The van der Waals surface area contributed by atoms with Crippen LogP contribution in [-0.2, 0) is 0 Å². The van der Waals surface area contributed by atoms with E-state index < -0.39 is 0 Å². The van der Waals surface area contributed by atoms with Crippen molar-refractivity contribution < 1.29 is 9.53 Å². The van der Waals surface area contributed by atoms with E-state index in [1.54, 1.807) is 7.11 Å². The van der Waals surface area contributed by atoms with Crippen LogP contribution in [0.2, 0.25) is 0 Å². The molecule has 1 atom stereocenters. The Morgan fingerprint density at radius 2 is 1.90 bits per heavy atom.